The number of hydrogen-bond acceptors (Lipinski definition) is 3. The molecule has 0 radical (unpaired) electrons. The van der Waals surface area contributed by atoms with Crippen molar-refractivity contribution < 1.29 is 9.47 Å². The lowest BCUT2D eigenvalue weighted by Crippen LogP contribution is -2.15. The molecule has 1 atom stereocenters. The minimum absolute atomic E-state index is 0.179. The molecule has 0 fully saturated rings. The molecule has 1 aromatic carbocycles. The van der Waals surface area contributed by atoms with Gasteiger partial charge in [-0.3, -0.25) is 0 Å². The van der Waals surface area contributed by atoms with Crippen LogP contribution in [0.1, 0.15) is 18.9 Å². The summed E-state index contributed by atoms with van der Waals surface area (Å²) in [6, 6.07) is 4.07. The van der Waals surface area contributed by atoms with Crippen molar-refractivity contribution in [1.29, 1.82) is 0 Å². The predicted molar refractivity (Wildman–Crippen MR) is 69.2 cm³/mol. The van der Waals surface area contributed by atoms with Crippen LogP contribution < -0.4 is 15.2 Å². The highest BCUT2D eigenvalue weighted by atomic mass is 79.9. The first-order chi connectivity index (χ1) is 7.58. The number of methoxy groups -OCH3 is 2. The van der Waals surface area contributed by atoms with E-state index in [0.29, 0.717) is 0 Å². The lowest BCUT2D eigenvalue weighted by Gasteiger charge is -2.14. The van der Waals surface area contributed by atoms with Gasteiger partial charge in [-0.2, -0.15) is 0 Å². The lowest BCUT2D eigenvalue weighted by molar-refractivity contribution is 0.383. The number of benzene rings is 1. The molecule has 4 heteroatoms. The third kappa shape index (κ3) is 3.39. The Kier molecular flexibility index (Phi) is 5.09. The van der Waals surface area contributed by atoms with Gasteiger partial charge in [0, 0.05) is 16.1 Å². The minimum atomic E-state index is 0.179. The third-order valence-electron chi connectivity index (χ3n) is 2.42. The third-order valence-corrected chi connectivity index (χ3v) is 2.88. The summed E-state index contributed by atoms with van der Waals surface area (Å²) in [4.78, 5) is 0. The van der Waals surface area contributed by atoms with Crippen LogP contribution in [0.4, 0.5) is 0 Å². The summed E-state index contributed by atoms with van der Waals surface area (Å²) in [5.41, 5.74) is 6.84. The fraction of sp³-hybridized carbons (Fsp3) is 0.500. The SMILES string of the molecule is COc1cc(Br)cc(OC)c1CC[C@@H](C)N. The summed E-state index contributed by atoms with van der Waals surface area (Å²) in [5.74, 6) is 1.68. The second kappa shape index (κ2) is 6.11. The van der Waals surface area contributed by atoms with Gasteiger partial charge in [0.25, 0.3) is 0 Å². The predicted octanol–water partition coefficient (Wildman–Crippen LogP) is 2.75. The normalized spacial score (nSPS) is 12.3. The van der Waals surface area contributed by atoms with E-state index in [9.17, 15) is 0 Å². The van der Waals surface area contributed by atoms with Crippen LogP contribution in [0.25, 0.3) is 0 Å². The van der Waals surface area contributed by atoms with Crippen molar-refractivity contribution in [2.75, 3.05) is 14.2 Å². The first-order valence-corrected chi connectivity index (χ1v) is 6.03. The molecule has 1 aromatic rings. The van der Waals surface area contributed by atoms with Crippen molar-refractivity contribution in [2.45, 2.75) is 25.8 Å². The maximum atomic E-state index is 5.76. The number of hydrogen-bond donors (Lipinski definition) is 1. The smallest absolute Gasteiger partial charge is 0.126 e. The Morgan fingerprint density at radius 2 is 1.75 bits per heavy atom. The molecule has 16 heavy (non-hydrogen) atoms. The zero-order chi connectivity index (χ0) is 12.1. The van der Waals surface area contributed by atoms with Crippen molar-refractivity contribution in [1.82, 2.24) is 0 Å². The van der Waals surface area contributed by atoms with Crippen LogP contribution in [0.3, 0.4) is 0 Å². The Balaban J connectivity index is 3.02. The van der Waals surface area contributed by atoms with Crippen LogP contribution in [0, 0.1) is 0 Å². The van der Waals surface area contributed by atoms with Crippen molar-refractivity contribution in [2.24, 2.45) is 5.73 Å². The van der Waals surface area contributed by atoms with Crippen LogP contribution in [0.5, 0.6) is 11.5 Å². The van der Waals surface area contributed by atoms with Crippen molar-refractivity contribution >= 4 is 15.9 Å². The van der Waals surface area contributed by atoms with E-state index in [-0.39, 0.29) is 6.04 Å². The van der Waals surface area contributed by atoms with Gasteiger partial charge in [-0.1, -0.05) is 15.9 Å². The van der Waals surface area contributed by atoms with Crippen LogP contribution in [0.15, 0.2) is 16.6 Å². The zero-order valence-corrected chi connectivity index (χ0v) is 11.5. The Hall–Kier alpha value is -0.740. The number of rotatable bonds is 5. The first-order valence-electron chi connectivity index (χ1n) is 5.24. The maximum absolute atomic E-state index is 5.76. The van der Waals surface area contributed by atoms with Gasteiger partial charge in [0.05, 0.1) is 14.2 Å². The van der Waals surface area contributed by atoms with E-state index >= 15 is 0 Å². The van der Waals surface area contributed by atoms with Crippen molar-refractivity contribution in [3.05, 3.63) is 22.2 Å². The van der Waals surface area contributed by atoms with E-state index < -0.39 is 0 Å². The Labute approximate surface area is 105 Å². The molecule has 0 bridgehead atoms. The average molecular weight is 288 g/mol. The van der Waals surface area contributed by atoms with E-state index in [1.165, 1.54) is 0 Å². The highest BCUT2D eigenvalue weighted by Gasteiger charge is 2.12. The maximum Gasteiger partial charge on any atom is 0.126 e. The van der Waals surface area contributed by atoms with Gasteiger partial charge in [0.2, 0.25) is 0 Å². The average Bonchev–Trinajstić information content (AvgIpc) is 2.25. The highest BCUT2D eigenvalue weighted by Crippen LogP contribution is 2.33. The Bertz CT molecular complexity index is 328. The fourth-order valence-corrected chi connectivity index (χ4v) is 1.99. The van der Waals surface area contributed by atoms with Gasteiger partial charge < -0.3 is 15.2 Å². The molecule has 0 aliphatic heterocycles. The van der Waals surface area contributed by atoms with Crippen molar-refractivity contribution in [3.8, 4) is 11.5 Å². The number of nitrogens with two attached hydrogens (primary N) is 1. The molecule has 0 saturated carbocycles. The molecule has 0 aliphatic carbocycles. The topological polar surface area (TPSA) is 44.5 Å². The zero-order valence-electron chi connectivity index (χ0n) is 9.92. The summed E-state index contributed by atoms with van der Waals surface area (Å²) in [6.07, 6.45) is 1.77. The largest absolute Gasteiger partial charge is 0.496 e. The molecule has 0 amide bonds. The summed E-state index contributed by atoms with van der Waals surface area (Å²) in [5, 5.41) is 0. The molecule has 2 N–H and O–H groups in total. The quantitative estimate of drug-likeness (QED) is 0.906. The minimum Gasteiger partial charge on any atom is -0.496 e. The molecule has 0 spiro atoms. The summed E-state index contributed by atoms with van der Waals surface area (Å²) in [6.45, 7) is 2.00. The molecule has 0 aromatic heterocycles. The Morgan fingerprint density at radius 3 is 2.12 bits per heavy atom. The van der Waals surface area contributed by atoms with Crippen molar-refractivity contribution in [3.63, 3.8) is 0 Å². The summed E-state index contributed by atoms with van der Waals surface area (Å²) < 4.78 is 11.7. The van der Waals surface area contributed by atoms with Crippen LogP contribution in [0.2, 0.25) is 0 Å². The molecule has 90 valence electrons. The van der Waals surface area contributed by atoms with Crippen LogP contribution in [-0.4, -0.2) is 20.3 Å². The molecular formula is C12H18BrNO2. The van der Waals surface area contributed by atoms with Gasteiger partial charge in [-0.15, -0.1) is 0 Å². The Morgan fingerprint density at radius 1 is 1.25 bits per heavy atom. The van der Waals surface area contributed by atoms with E-state index in [1.807, 2.05) is 19.1 Å². The second-order valence-corrected chi connectivity index (χ2v) is 4.72. The van der Waals surface area contributed by atoms with Gasteiger partial charge >= 0.3 is 0 Å². The van der Waals surface area contributed by atoms with Crippen LogP contribution >= 0.6 is 15.9 Å². The van der Waals surface area contributed by atoms with E-state index in [4.69, 9.17) is 15.2 Å². The molecule has 0 heterocycles. The molecule has 0 saturated heterocycles. The van der Waals surface area contributed by atoms with Gasteiger partial charge in [0.15, 0.2) is 0 Å². The first kappa shape index (κ1) is 13.3. The molecule has 3 nitrogen and oxygen atoms in total. The van der Waals surface area contributed by atoms with Gasteiger partial charge in [0.1, 0.15) is 11.5 Å². The number of ether oxygens (including phenoxy) is 2. The summed E-state index contributed by atoms with van der Waals surface area (Å²) >= 11 is 3.42. The van der Waals surface area contributed by atoms with E-state index in [0.717, 1.165) is 34.4 Å². The molecular weight excluding hydrogens is 270 g/mol. The lowest BCUT2D eigenvalue weighted by atomic mass is 10.0. The molecule has 0 unspecified atom stereocenters. The van der Waals surface area contributed by atoms with E-state index in [2.05, 4.69) is 15.9 Å². The van der Waals surface area contributed by atoms with Gasteiger partial charge in [-0.05, 0) is 31.9 Å². The highest BCUT2D eigenvalue weighted by molar-refractivity contribution is 9.10. The standard InChI is InChI=1S/C12H18BrNO2/c1-8(14)4-5-10-11(15-2)6-9(13)7-12(10)16-3/h6-8H,4-5,14H2,1-3H3/t8-/m1/s1. The monoisotopic (exact) mass is 287 g/mol. The summed E-state index contributed by atoms with van der Waals surface area (Å²) in [7, 11) is 3.33. The molecule has 1 rings (SSSR count). The van der Waals surface area contributed by atoms with Gasteiger partial charge in [-0.25, -0.2) is 0 Å². The fourth-order valence-electron chi connectivity index (χ4n) is 1.57. The van der Waals surface area contributed by atoms with Crippen LogP contribution in [-0.2, 0) is 6.42 Å². The number of halogens is 1. The molecule has 0 aliphatic rings. The van der Waals surface area contributed by atoms with E-state index in [1.54, 1.807) is 14.2 Å². The second-order valence-electron chi connectivity index (χ2n) is 3.80.